The van der Waals surface area contributed by atoms with E-state index < -0.39 is 0 Å². The van der Waals surface area contributed by atoms with E-state index in [1.54, 1.807) is 0 Å². The van der Waals surface area contributed by atoms with Gasteiger partial charge in [0, 0.05) is 5.54 Å². The molecule has 0 saturated carbocycles. The van der Waals surface area contributed by atoms with Crippen molar-refractivity contribution in [1.82, 2.24) is 0 Å². The molecule has 1 atom stereocenters. The molecule has 0 aliphatic heterocycles. The number of rotatable bonds is 3. The summed E-state index contributed by atoms with van der Waals surface area (Å²) in [6.07, 6.45) is 1.99. The molecule has 0 radical (unpaired) electrons. The summed E-state index contributed by atoms with van der Waals surface area (Å²) in [4.78, 5) is 0. The minimum atomic E-state index is -0.112. The molecule has 0 fully saturated rings. The highest BCUT2D eigenvalue weighted by Gasteiger charge is 2.25. The highest BCUT2D eigenvalue weighted by atomic mass is 14.7. The van der Waals surface area contributed by atoms with Crippen molar-refractivity contribution >= 4 is 0 Å². The first-order valence-corrected chi connectivity index (χ1v) is 5.61. The lowest BCUT2D eigenvalue weighted by molar-refractivity contribution is 0.269. The van der Waals surface area contributed by atoms with Crippen LogP contribution in [0.2, 0.25) is 0 Å². The van der Waals surface area contributed by atoms with Crippen LogP contribution >= 0.6 is 0 Å². The molecular weight excluding hydrogens is 182 g/mol. The van der Waals surface area contributed by atoms with Gasteiger partial charge in [-0.25, -0.2) is 0 Å². The van der Waals surface area contributed by atoms with Crippen molar-refractivity contribution in [3.8, 4) is 0 Å². The first kappa shape index (κ1) is 12.3. The molecule has 15 heavy (non-hydrogen) atoms. The van der Waals surface area contributed by atoms with Gasteiger partial charge < -0.3 is 5.73 Å². The Balaban J connectivity index is 2.65. The van der Waals surface area contributed by atoms with Crippen LogP contribution in [0.15, 0.2) is 30.3 Å². The highest BCUT2D eigenvalue weighted by molar-refractivity contribution is 5.17. The van der Waals surface area contributed by atoms with Crippen molar-refractivity contribution < 1.29 is 0 Å². The maximum atomic E-state index is 6.33. The van der Waals surface area contributed by atoms with E-state index >= 15 is 0 Å². The molecular formula is C14H23N. The molecule has 1 rings (SSSR count). The quantitative estimate of drug-likeness (QED) is 0.804. The van der Waals surface area contributed by atoms with Crippen LogP contribution in [0.4, 0.5) is 0 Å². The van der Waals surface area contributed by atoms with Crippen LogP contribution in [0.5, 0.6) is 0 Å². The Morgan fingerprint density at radius 1 is 1.00 bits per heavy atom. The zero-order valence-corrected chi connectivity index (χ0v) is 10.4. The predicted molar refractivity (Wildman–Crippen MR) is 66.8 cm³/mol. The Morgan fingerprint density at radius 3 is 2.00 bits per heavy atom. The standard InChI is InChI=1S/C14H23N/c1-13(2,3)11-14(4,15)10-12-8-6-5-7-9-12/h5-9H,10-11,15H2,1-4H3. The summed E-state index contributed by atoms with van der Waals surface area (Å²) >= 11 is 0. The molecule has 0 aliphatic rings. The number of benzene rings is 1. The summed E-state index contributed by atoms with van der Waals surface area (Å²) in [5, 5.41) is 0. The van der Waals surface area contributed by atoms with Crippen LogP contribution in [-0.2, 0) is 6.42 Å². The SMILES string of the molecule is CC(C)(C)CC(C)(N)Cc1ccccc1. The summed E-state index contributed by atoms with van der Waals surface area (Å²) in [6, 6.07) is 10.5. The fraction of sp³-hybridized carbons (Fsp3) is 0.571. The first-order chi connectivity index (χ1) is 6.79. The smallest absolute Gasteiger partial charge is 0.0171 e. The van der Waals surface area contributed by atoms with E-state index in [2.05, 4.69) is 52.0 Å². The van der Waals surface area contributed by atoms with E-state index in [0.717, 1.165) is 12.8 Å². The van der Waals surface area contributed by atoms with Gasteiger partial charge >= 0.3 is 0 Å². The Kier molecular flexibility index (Phi) is 3.56. The summed E-state index contributed by atoms with van der Waals surface area (Å²) < 4.78 is 0. The average Bonchev–Trinajstić information content (AvgIpc) is 1.99. The van der Waals surface area contributed by atoms with Crippen molar-refractivity contribution in [3.05, 3.63) is 35.9 Å². The molecule has 1 unspecified atom stereocenters. The fourth-order valence-electron chi connectivity index (χ4n) is 2.34. The van der Waals surface area contributed by atoms with Crippen LogP contribution in [0.25, 0.3) is 0 Å². The third kappa shape index (κ3) is 4.98. The Bertz CT molecular complexity index is 293. The third-order valence-electron chi connectivity index (χ3n) is 2.38. The molecule has 0 aromatic heterocycles. The monoisotopic (exact) mass is 205 g/mol. The van der Waals surface area contributed by atoms with Gasteiger partial charge in [-0.15, -0.1) is 0 Å². The zero-order valence-electron chi connectivity index (χ0n) is 10.4. The topological polar surface area (TPSA) is 26.0 Å². The van der Waals surface area contributed by atoms with E-state index in [1.807, 2.05) is 6.07 Å². The highest BCUT2D eigenvalue weighted by Crippen LogP contribution is 2.27. The van der Waals surface area contributed by atoms with E-state index in [9.17, 15) is 0 Å². The van der Waals surface area contributed by atoms with Crippen LogP contribution < -0.4 is 5.73 Å². The van der Waals surface area contributed by atoms with Gasteiger partial charge in [-0.05, 0) is 30.7 Å². The van der Waals surface area contributed by atoms with Crippen molar-refractivity contribution in [2.45, 2.75) is 46.1 Å². The maximum absolute atomic E-state index is 6.33. The maximum Gasteiger partial charge on any atom is 0.0171 e. The average molecular weight is 205 g/mol. The molecule has 2 N–H and O–H groups in total. The summed E-state index contributed by atoms with van der Waals surface area (Å²) in [5.74, 6) is 0. The van der Waals surface area contributed by atoms with Crippen LogP contribution in [0.1, 0.15) is 39.7 Å². The van der Waals surface area contributed by atoms with Gasteiger partial charge in [0.1, 0.15) is 0 Å². The number of hydrogen-bond donors (Lipinski definition) is 1. The molecule has 1 aromatic carbocycles. The first-order valence-electron chi connectivity index (χ1n) is 5.61. The molecule has 0 aliphatic carbocycles. The van der Waals surface area contributed by atoms with Crippen molar-refractivity contribution in [1.29, 1.82) is 0 Å². The lowest BCUT2D eigenvalue weighted by Crippen LogP contribution is -2.42. The second kappa shape index (κ2) is 4.36. The molecule has 0 amide bonds. The van der Waals surface area contributed by atoms with E-state index in [4.69, 9.17) is 5.73 Å². The fourth-order valence-corrected chi connectivity index (χ4v) is 2.34. The molecule has 1 heteroatoms. The molecule has 0 saturated heterocycles. The van der Waals surface area contributed by atoms with Gasteiger partial charge in [0.25, 0.3) is 0 Å². The molecule has 1 aromatic rings. The minimum Gasteiger partial charge on any atom is -0.325 e. The zero-order chi connectivity index (χ0) is 11.5. The van der Waals surface area contributed by atoms with E-state index in [-0.39, 0.29) is 11.0 Å². The second-order valence-electron chi connectivity index (χ2n) is 6.05. The van der Waals surface area contributed by atoms with Crippen molar-refractivity contribution in [2.75, 3.05) is 0 Å². The Labute approximate surface area is 93.7 Å². The van der Waals surface area contributed by atoms with E-state index in [0.29, 0.717) is 0 Å². The van der Waals surface area contributed by atoms with Gasteiger partial charge in [0.2, 0.25) is 0 Å². The third-order valence-corrected chi connectivity index (χ3v) is 2.38. The van der Waals surface area contributed by atoms with Gasteiger partial charge in [0.05, 0.1) is 0 Å². The normalized spacial score (nSPS) is 16.1. The molecule has 0 heterocycles. The number of nitrogens with two attached hydrogens (primary N) is 1. The van der Waals surface area contributed by atoms with E-state index in [1.165, 1.54) is 5.56 Å². The van der Waals surface area contributed by atoms with Gasteiger partial charge in [0.15, 0.2) is 0 Å². The second-order valence-corrected chi connectivity index (χ2v) is 6.05. The molecule has 84 valence electrons. The summed E-state index contributed by atoms with van der Waals surface area (Å²) in [6.45, 7) is 8.86. The predicted octanol–water partition coefficient (Wildman–Crippen LogP) is 3.38. The Morgan fingerprint density at radius 2 is 1.53 bits per heavy atom. The largest absolute Gasteiger partial charge is 0.325 e. The minimum absolute atomic E-state index is 0.112. The van der Waals surface area contributed by atoms with Crippen LogP contribution in [-0.4, -0.2) is 5.54 Å². The molecule has 0 bridgehead atoms. The van der Waals surface area contributed by atoms with Crippen molar-refractivity contribution in [3.63, 3.8) is 0 Å². The summed E-state index contributed by atoms with van der Waals surface area (Å²) in [5.41, 5.74) is 7.84. The van der Waals surface area contributed by atoms with Gasteiger partial charge in [-0.1, -0.05) is 51.1 Å². The lowest BCUT2D eigenvalue weighted by Gasteiger charge is -2.32. The molecule has 1 nitrogen and oxygen atoms in total. The summed E-state index contributed by atoms with van der Waals surface area (Å²) in [7, 11) is 0. The van der Waals surface area contributed by atoms with Crippen LogP contribution in [0.3, 0.4) is 0 Å². The number of hydrogen-bond acceptors (Lipinski definition) is 1. The van der Waals surface area contributed by atoms with Crippen molar-refractivity contribution in [2.24, 2.45) is 11.1 Å². The Hall–Kier alpha value is -0.820. The van der Waals surface area contributed by atoms with Gasteiger partial charge in [-0.3, -0.25) is 0 Å². The lowest BCUT2D eigenvalue weighted by atomic mass is 9.78. The molecule has 0 spiro atoms. The van der Waals surface area contributed by atoms with Crippen LogP contribution in [0, 0.1) is 5.41 Å². The van der Waals surface area contributed by atoms with Gasteiger partial charge in [-0.2, -0.15) is 0 Å².